The van der Waals surface area contributed by atoms with Gasteiger partial charge < -0.3 is 14.5 Å². The summed E-state index contributed by atoms with van der Waals surface area (Å²) in [5.74, 6) is 1.79. The highest BCUT2D eigenvalue weighted by Crippen LogP contribution is 2.34. The van der Waals surface area contributed by atoms with E-state index >= 15 is 0 Å². The largest absolute Gasteiger partial charge is 0.462 e. The quantitative estimate of drug-likeness (QED) is 0.811. The summed E-state index contributed by atoms with van der Waals surface area (Å²) in [6.07, 6.45) is 1.09. The van der Waals surface area contributed by atoms with Crippen molar-refractivity contribution < 1.29 is 9.15 Å². The lowest BCUT2D eigenvalue weighted by atomic mass is 10.2. The molecule has 0 aliphatic carbocycles. The number of ether oxygens (including phenoxy) is 1. The summed E-state index contributed by atoms with van der Waals surface area (Å²) in [7, 11) is 1.67. The molecule has 104 valence electrons. The van der Waals surface area contributed by atoms with E-state index in [4.69, 9.17) is 9.15 Å². The Balaban J connectivity index is 2.23. The Morgan fingerprint density at radius 1 is 1.42 bits per heavy atom. The molecule has 0 radical (unpaired) electrons. The number of methoxy groups -OCH3 is 1. The predicted octanol–water partition coefficient (Wildman–Crippen LogP) is 4.34. The van der Waals surface area contributed by atoms with Crippen LogP contribution in [0.4, 0.5) is 0 Å². The van der Waals surface area contributed by atoms with Gasteiger partial charge in [-0.25, -0.2) is 0 Å². The van der Waals surface area contributed by atoms with Crippen molar-refractivity contribution in [3.8, 4) is 0 Å². The van der Waals surface area contributed by atoms with Crippen LogP contribution in [0.15, 0.2) is 32.5 Å². The Morgan fingerprint density at radius 3 is 2.89 bits per heavy atom. The molecule has 0 aromatic carbocycles. The highest BCUT2D eigenvalue weighted by Gasteiger charge is 2.20. The van der Waals surface area contributed by atoms with Gasteiger partial charge in [0.2, 0.25) is 0 Å². The van der Waals surface area contributed by atoms with E-state index in [-0.39, 0.29) is 6.04 Å². The summed E-state index contributed by atoms with van der Waals surface area (Å²) in [6, 6.07) is 6.16. The predicted molar refractivity (Wildman–Crippen MR) is 81.6 cm³/mol. The molecule has 1 unspecified atom stereocenters. The normalized spacial score (nSPS) is 12.8. The zero-order valence-corrected chi connectivity index (χ0v) is 13.5. The molecule has 2 heterocycles. The molecule has 0 aliphatic rings. The molecule has 0 fully saturated rings. The first-order chi connectivity index (χ1) is 9.26. The van der Waals surface area contributed by atoms with Crippen LogP contribution in [0.1, 0.15) is 35.8 Å². The fourth-order valence-electron chi connectivity index (χ4n) is 1.89. The average molecular weight is 344 g/mol. The first kappa shape index (κ1) is 14.8. The van der Waals surface area contributed by atoms with Crippen molar-refractivity contribution in [1.82, 2.24) is 5.32 Å². The zero-order chi connectivity index (χ0) is 13.7. The van der Waals surface area contributed by atoms with Gasteiger partial charge in [-0.05, 0) is 52.5 Å². The van der Waals surface area contributed by atoms with Gasteiger partial charge in [-0.3, -0.25) is 0 Å². The molecule has 1 N–H and O–H groups in total. The number of hydrogen-bond acceptors (Lipinski definition) is 4. The van der Waals surface area contributed by atoms with Crippen LogP contribution in [0.5, 0.6) is 0 Å². The van der Waals surface area contributed by atoms with Crippen molar-refractivity contribution in [2.75, 3.05) is 13.7 Å². The average Bonchev–Trinajstić information content (AvgIpc) is 3.01. The minimum absolute atomic E-state index is 0.0972. The van der Waals surface area contributed by atoms with Crippen LogP contribution in [0.2, 0.25) is 0 Å². The molecule has 1 atom stereocenters. The highest BCUT2D eigenvalue weighted by molar-refractivity contribution is 9.10. The number of halogens is 1. The van der Waals surface area contributed by atoms with Crippen molar-refractivity contribution in [2.45, 2.75) is 26.0 Å². The molecule has 0 aliphatic heterocycles. The molecule has 0 amide bonds. The van der Waals surface area contributed by atoms with E-state index in [1.54, 1.807) is 18.4 Å². The lowest BCUT2D eigenvalue weighted by Gasteiger charge is -2.15. The Bertz CT molecular complexity index is 509. The number of furan rings is 1. The van der Waals surface area contributed by atoms with Crippen molar-refractivity contribution in [1.29, 1.82) is 0 Å². The van der Waals surface area contributed by atoms with Crippen LogP contribution in [0, 0.1) is 0 Å². The maximum atomic E-state index is 5.86. The van der Waals surface area contributed by atoms with Crippen molar-refractivity contribution in [3.63, 3.8) is 0 Å². The fraction of sp³-hybridized carbons (Fsp3) is 0.429. The van der Waals surface area contributed by atoms with Crippen LogP contribution in [-0.4, -0.2) is 13.7 Å². The van der Waals surface area contributed by atoms with Crippen LogP contribution < -0.4 is 5.32 Å². The molecular weight excluding hydrogens is 326 g/mol. The molecule has 3 nitrogen and oxygen atoms in total. The van der Waals surface area contributed by atoms with Gasteiger partial charge in [0.15, 0.2) is 0 Å². The topological polar surface area (TPSA) is 34.4 Å². The third-order valence-electron chi connectivity index (χ3n) is 2.76. The second kappa shape index (κ2) is 7.24. The maximum Gasteiger partial charge on any atom is 0.129 e. The van der Waals surface area contributed by atoms with E-state index in [1.165, 1.54) is 4.88 Å². The molecule has 2 aromatic heterocycles. The van der Waals surface area contributed by atoms with E-state index < -0.39 is 0 Å². The molecule has 2 aromatic rings. The summed E-state index contributed by atoms with van der Waals surface area (Å²) in [5.41, 5.74) is 0. The number of rotatable bonds is 7. The first-order valence-corrected chi connectivity index (χ1v) is 7.97. The van der Waals surface area contributed by atoms with E-state index in [9.17, 15) is 0 Å². The Morgan fingerprint density at radius 2 is 2.26 bits per heavy atom. The molecule has 2 rings (SSSR count). The summed E-state index contributed by atoms with van der Waals surface area (Å²) in [4.78, 5) is 1.24. The van der Waals surface area contributed by atoms with Crippen LogP contribution in [0.3, 0.4) is 0 Å². The molecule has 5 heteroatoms. The van der Waals surface area contributed by atoms with Gasteiger partial charge in [0.1, 0.15) is 24.2 Å². The summed E-state index contributed by atoms with van der Waals surface area (Å²) >= 11 is 5.32. The first-order valence-electron chi connectivity index (χ1n) is 6.30. The van der Waals surface area contributed by atoms with Gasteiger partial charge in [-0.1, -0.05) is 6.92 Å². The second-order valence-electron chi connectivity index (χ2n) is 4.26. The maximum absolute atomic E-state index is 5.86. The number of nitrogens with one attached hydrogen (secondary N) is 1. The zero-order valence-electron chi connectivity index (χ0n) is 11.1. The Kier molecular flexibility index (Phi) is 5.63. The van der Waals surface area contributed by atoms with E-state index in [0.717, 1.165) is 29.0 Å². The molecule has 0 spiro atoms. The van der Waals surface area contributed by atoms with Gasteiger partial charge in [0.05, 0.1) is 0 Å². The Hall–Kier alpha value is -0.620. The van der Waals surface area contributed by atoms with Crippen LogP contribution >= 0.6 is 27.3 Å². The molecule has 0 bridgehead atoms. The molecule has 0 saturated heterocycles. The number of hydrogen-bond donors (Lipinski definition) is 1. The third-order valence-corrected chi connectivity index (χ3v) is 4.69. The Labute approximate surface area is 126 Å². The number of thiophene rings is 1. The van der Waals surface area contributed by atoms with Gasteiger partial charge in [-0.15, -0.1) is 11.3 Å². The van der Waals surface area contributed by atoms with E-state index in [2.05, 4.69) is 39.6 Å². The third kappa shape index (κ3) is 3.69. The second-order valence-corrected chi connectivity index (χ2v) is 6.06. The summed E-state index contributed by atoms with van der Waals surface area (Å²) < 4.78 is 12.1. The van der Waals surface area contributed by atoms with Gasteiger partial charge >= 0.3 is 0 Å². The molecule has 0 saturated carbocycles. The van der Waals surface area contributed by atoms with E-state index in [1.807, 2.05) is 12.1 Å². The lowest BCUT2D eigenvalue weighted by molar-refractivity contribution is 0.162. The highest BCUT2D eigenvalue weighted by atomic mass is 79.9. The van der Waals surface area contributed by atoms with Crippen molar-refractivity contribution in [3.05, 3.63) is 44.4 Å². The van der Waals surface area contributed by atoms with E-state index in [0.29, 0.717) is 6.61 Å². The molecular formula is C14H18BrNO2S. The van der Waals surface area contributed by atoms with Crippen molar-refractivity contribution >= 4 is 27.3 Å². The minimum atomic E-state index is 0.0972. The van der Waals surface area contributed by atoms with Crippen molar-refractivity contribution in [2.24, 2.45) is 0 Å². The van der Waals surface area contributed by atoms with Crippen LogP contribution in [-0.2, 0) is 11.3 Å². The van der Waals surface area contributed by atoms with Gasteiger partial charge in [0.25, 0.3) is 0 Å². The SMILES string of the molecule is CCCNC(c1ccc(COC)o1)c1sccc1Br. The van der Waals surface area contributed by atoms with Crippen LogP contribution in [0.25, 0.3) is 0 Å². The standard InChI is InChI=1S/C14H18BrNO2S/c1-3-7-16-13(14-11(15)6-8-19-14)12-5-4-10(18-12)9-17-2/h4-6,8,13,16H,3,7,9H2,1-2H3. The summed E-state index contributed by atoms with van der Waals surface area (Å²) in [6.45, 7) is 3.62. The minimum Gasteiger partial charge on any atom is -0.462 e. The molecule has 19 heavy (non-hydrogen) atoms. The summed E-state index contributed by atoms with van der Waals surface area (Å²) in [5, 5.41) is 5.61. The fourth-order valence-corrected chi connectivity index (χ4v) is 3.58. The van der Waals surface area contributed by atoms with Gasteiger partial charge in [0, 0.05) is 16.5 Å². The smallest absolute Gasteiger partial charge is 0.129 e. The monoisotopic (exact) mass is 343 g/mol. The lowest BCUT2D eigenvalue weighted by Crippen LogP contribution is -2.22. The van der Waals surface area contributed by atoms with Gasteiger partial charge in [-0.2, -0.15) is 0 Å².